The predicted octanol–water partition coefficient (Wildman–Crippen LogP) is 1.89. The highest BCUT2D eigenvalue weighted by molar-refractivity contribution is 6.00. The minimum absolute atomic E-state index is 0. The van der Waals surface area contributed by atoms with E-state index in [4.69, 9.17) is 0 Å². The van der Waals surface area contributed by atoms with E-state index in [0.29, 0.717) is 13.0 Å². The van der Waals surface area contributed by atoms with Gasteiger partial charge in [-0.15, -0.1) is 12.4 Å². The summed E-state index contributed by atoms with van der Waals surface area (Å²) in [6.45, 7) is 4.42. The van der Waals surface area contributed by atoms with E-state index in [9.17, 15) is 9.59 Å². The molecule has 132 valence electrons. The molecule has 0 bridgehead atoms. The molecule has 0 spiro atoms. The third-order valence-corrected chi connectivity index (χ3v) is 4.80. The summed E-state index contributed by atoms with van der Waals surface area (Å²) in [4.78, 5) is 26.6. The molecule has 2 fully saturated rings. The van der Waals surface area contributed by atoms with Crippen molar-refractivity contribution >= 4 is 29.9 Å². The summed E-state index contributed by atoms with van der Waals surface area (Å²) in [5.41, 5.74) is 2.10. The highest BCUT2D eigenvalue weighted by Crippen LogP contribution is 2.28. The molecular formula is C18H26ClN3O2. The van der Waals surface area contributed by atoms with Gasteiger partial charge in [-0.2, -0.15) is 0 Å². The van der Waals surface area contributed by atoms with Crippen molar-refractivity contribution in [3.8, 4) is 0 Å². The van der Waals surface area contributed by atoms with Crippen molar-refractivity contribution in [3.63, 3.8) is 0 Å². The number of amides is 2. The number of halogens is 1. The minimum Gasteiger partial charge on any atom is -0.352 e. The number of nitrogens with zero attached hydrogens (tertiary/aromatic N) is 1. The minimum atomic E-state index is -0.241. The molecule has 1 aromatic rings. The number of anilines is 1. The topological polar surface area (TPSA) is 61.4 Å². The van der Waals surface area contributed by atoms with E-state index in [2.05, 4.69) is 17.6 Å². The van der Waals surface area contributed by atoms with Crippen LogP contribution in [-0.2, 0) is 16.0 Å². The summed E-state index contributed by atoms with van der Waals surface area (Å²) in [6, 6.07) is 8.15. The van der Waals surface area contributed by atoms with E-state index >= 15 is 0 Å². The van der Waals surface area contributed by atoms with Crippen LogP contribution in [0.15, 0.2) is 24.3 Å². The molecule has 3 rings (SSSR count). The Morgan fingerprint density at radius 3 is 2.88 bits per heavy atom. The summed E-state index contributed by atoms with van der Waals surface area (Å²) in [6.07, 6.45) is 3.29. The van der Waals surface area contributed by atoms with E-state index in [1.54, 1.807) is 4.90 Å². The lowest BCUT2D eigenvalue weighted by molar-refractivity contribution is -0.127. The van der Waals surface area contributed by atoms with Gasteiger partial charge in [0.15, 0.2) is 0 Å². The van der Waals surface area contributed by atoms with Crippen LogP contribution in [0.5, 0.6) is 0 Å². The van der Waals surface area contributed by atoms with E-state index in [0.717, 1.165) is 43.6 Å². The first-order valence-electron chi connectivity index (χ1n) is 8.58. The highest BCUT2D eigenvalue weighted by Gasteiger charge is 2.36. The zero-order valence-electron chi connectivity index (χ0n) is 14.1. The van der Waals surface area contributed by atoms with Gasteiger partial charge in [0, 0.05) is 31.2 Å². The van der Waals surface area contributed by atoms with Gasteiger partial charge >= 0.3 is 0 Å². The van der Waals surface area contributed by atoms with Gasteiger partial charge in [0.1, 0.15) is 0 Å². The Labute approximate surface area is 149 Å². The molecule has 0 aromatic heterocycles. The number of rotatable bonds is 4. The predicted molar refractivity (Wildman–Crippen MR) is 97.6 cm³/mol. The van der Waals surface area contributed by atoms with Crippen LogP contribution in [0.25, 0.3) is 0 Å². The van der Waals surface area contributed by atoms with E-state index in [1.165, 1.54) is 0 Å². The molecule has 2 unspecified atom stereocenters. The summed E-state index contributed by atoms with van der Waals surface area (Å²) in [5.74, 6) is -0.175. The van der Waals surface area contributed by atoms with E-state index in [1.807, 2.05) is 24.3 Å². The molecule has 2 aliphatic rings. The Morgan fingerprint density at radius 1 is 1.38 bits per heavy atom. The quantitative estimate of drug-likeness (QED) is 0.870. The Balaban J connectivity index is 0.00000208. The zero-order chi connectivity index (χ0) is 16.2. The molecular weight excluding hydrogens is 326 g/mol. The molecule has 2 amide bonds. The average Bonchev–Trinajstić information content (AvgIpc) is 2.97. The van der Waals surface area contributed by atoms with Gasteiger partial charge in [-0.05, 0) is 37.4 Å². The first kappa shape index (κ1) is 18.7. The number of para-hydroxylation sites is 1. The fourth-order valence-corrected chi connectivity index (χ4v) is 3.48. The Kier molecular flexibility index (Phi) is 6.63. The monoisotopic (exact) mass is 351 g/mol. The molecule has 2 saturated heterocycles. The lowest BCUT2D eigenvalue weighted by Gasteiger charge is -2.25. The zero-order valence-corrected chi connectivity index (χ0v) is 14.9. The van der Waals surface area contributed by atoms with Gasteiger partial charge in [-0.25, -0.2) is 0 Å². The third kappa shape index (κ3) is 4.08. The molecule has 0 aliphatic carbocycles. The first-order valence-corrected chi connectivity index (χ1v) is 8.58. The summed E-state index contributed by atoms with van der Waals surface area (Å²) in [5, 5.41) is 6.40. The standard InChI is InChI=1S/C18H25N3O2.ClH/c1-2-13-6-3-4-8-16(13)21-12-14(10-17(21)22)18(23)20-15-7-5-9-19-11-15;/h3-4,6,8,14-15,19H,2,5,7,9-12H2,1H3,(H,20,23);1H. The highest BCUT2D eigenvalue weighted by atomic mass is 35.5. The maximum atomic E-state index is 12.5. The van der Waals surface area contributed by atoms with Gasteiger partial charge in [0.2, 0.25) is 11.8 Å². The van der Waals surface area contributed by atoms with Crippen LogP contribution in [0.3, 0.4) is 0 Å². The van der Waals surface area contributed by atoms with Gasteiger partial charge in [-0.3, -0.25) is 9.59 Å². The number of carbonyl (C=O) groups is 2. The Bertz CT molecular complexity index is 587. The number of hydrogen-bond acceptors (Lipinski definition) is 3. The average molecular weight is 352 g/mol. The number of aryl methyl sites for hydroxylation is 1. The van der Waals surface area contributed by atoms with Crippen LogP contribution in [0.2, 0.25) is 0 Å². The van der Waals surface area contributed by atoms with Gasteiger partial charge in [0.25, 0.3) is 0 Å². The van der Waals surface area contributed by atoms with Crippen molar-refractivity contribution in [1.82, 2.24) is 10.6 Å². The Hall–Kier alpha value is -1.59. The van der Waals surface area contributed by atoms with Gasteiger partial charge in [-0.1, -0.05) is 25.1 Å². The maximum absolute atomic E-state index is 12.5. The van der Waals surface area contributed by atoms with Crippen molar-refractivity contribution in [2.75, 3.05) is 24.5 Å². The molecule has 1 aromatic carbocycles. The van der Waals surface area contributed by atoms with Crippen molar-refractivity contribution in [1.29, 1.82) is 0 Å². The smallest absolute Gasteiger partial charge is 0.227 e. The number of benzene rings is 1. The number of carbonyl (C=O) groups excluding carboxylic acids is 2. The van der Waals surface area contributed by atoms with Crippen LogP contribution in [0, 0.1) is 5.92 Å². The van der Waals surface area contributed by atoms with Crippen LogP contribution >= 0.6 is 12.4 Å². The largest absolute Gasteiger partial charge is 0.352 e. The van der Waals surface area contributed by atoms with Crippen LogP contribution in [0.1, 0.15) is 31.7 Å². The second-order valence-electron chi connectivity index (χ2n) is 6.44. The number of piperidine rings is 1. The summed E-state index contributed by atoms with van der Waals surface area (Å²) in [7, 11) is 0. The summed E-state index contributed by atoms with van der Waals surface area (Å²) < 4.78 is 0. The SMILES string of the molecule is CCc1ccccc1N1CC(C(=O)NC2CCCNC2)CC1=O.Cl. The molecule has 0 saturated carbocycles. The van der Waals surface area contributed by atoms with Crippen molar-refractivity contribution in [2.24, 2.45) is 5.92 Å². The lowest BCUT2D eigenvalue weighted by Crippen LogP contribution is -2.47. The Morgan fingerprint density at radius 2 is 2.17 bits per heavy atom. The molecule has 6 heteroatoms. The molecule has 2 aliphatic heterocycles. The molecule has 5 nitrogen and oxygen atoms in total. The van der Waals surface area contributed by atoms with Crippen LogP contribution in [-0.4, -0.2) is 37.5 Å². The molecule has 0 radical (unpaired) electrons. The van der Waals surface area contributed by atoms with Crippen molar-refractivity contribution < 1.29 is 9.59 Å². The summed E-state index contributed by atoms with van der Waals surface area (Å²) >= 11 is 0. The van der Waals surface area contributed by atoms with Crippen molar-refractivity contribution in [2.45, 2.75) is 38.6 Å². The van der Waals surface area contributed by atoms with Crippen LogP contribution in [0.4, 0.5) is 5.69 Å². The first-order chi connectivity index (χ1) is 11.2. The molecule has 24 heavy (non-hydrogen) atoms. The van der Waals surface area contributed by atoms with Crippen LogP contribution < -0.4 is 15.5 Å². The molecule has 2 atom stereocenters. The van der Waals surface area contributed by atoms with E-state index in [-0.39, 0.29) is 36.2 Å². The van der Waals surface area contributed by atoms with Gasteiger partial charge < -0.3 is 15.5 Å². The maximum Gasteiger partial charge on any atom is 0.227 e. The number of hydrogen-bond donors (Lipinski definition) is 2. The van der Waals surface area contributed by atoms with Gasteiger partial charge in [0.05, 0.1) is 5.92 Å². The van der Waals surface area contributed by atoms with E-state index < -0.39 is 0 Å². The molecule has 2 N–H and O–H groups in total. The second kappa shape index (κ2) is 8.49. The lowest BCUT2D eigenvalue weighted by atomic mass is 10.0. The second-order valence-corrected chi connectivity index (χ2v) is 6.44. The normalized spacial score (nSPS) is 23.7. The third-order valence-electron chi connectivity index (χ3n) is 4.80. The fraction of sp³-hybridized carbons (Fsp3) is 0.556. The molecule has 2 heterocycles. The van der Waals surface area contributed by atoms with Crippen molar-refractivity contribution in [3.05, 3.63) is 29.8 Å². The number of nitrogens with one attached hydrogen (secondary N) is 2. The fourth-order valence-electron chi connectivity index (χ4n) is 3.48.